The fourth-order valence-electron chi connectivity index (χ4n) is 2.53. The molecule has 1 aliphatic rings. The molecule has 5 nitrogen and oxygen atoms in total. The fourth-order valence-corrected chi connectivity index (χ4v) is 2.53. The average Bonchev–Trinajstić information content (AvgIpc) is 2.67. The highest BCUT2D eigenvalue weighted by atomic mass is 19.1. The molecule has 0 saturated heterocycles. The van der Waals surface area contributed by atoms with Crippen LogP contribution in [0.5, 0.6) is 5.75 Å². The van der Waals surface area contributed by atoms with Crippen LogP contribution < -0.4 is 4.74 Å². The topological polar surface area (TPSA) is 55.8 Å². The number of fused-ring (bicyclic) bond motifs is 1. The van der Waals surface area contributed by atoms with Crippen LogP contribution in [0.3, 0.4) is 0 Å². The molecule has 0 saturated carbocycles. The minimum absolute atomic E-state index is 0.0924. The molecule has 1 heterocycles. The van der Waals surface area contributed by atoms with E-state index < -0.39 is 18.5 Å². The summed E-state index contributed by atoms with van der Waals surface area (Å²) >= 11 is 0. The molecule has 0 atom stereocenters. The molecule has 1 amide bonds. The summed E-state index contributed by atoms with van der Waals surface area (Å²) in [4.78, 5) is 25.6. The number of esters is 1. The van der Waals surface area contributed by atoms with E-state index in [0.717, 1.165) is 5.56 Å². The summed E-state index contributed by atoms with van der Waals surface area (Å²) in [6, 6.07) is 13.6. The first-order valence-electron chi connectivity index (χ1n) is 8.11. The minimum Gasteiger partial charge on any atom is -0.488 e. The first kappa shape index (κ1) is 17.7. The molecule has 0 spiro atoms. The summed E-state index contributed by atoms with van der Waals surface area (Å²) < 4.78 is 24.2. The van der Waals surface area contributed by atoms with E-state index in [2.05, 4.69) is 0 Å². The maximum Gasteiger partial charge on any atom is 0.338 e. The third kappa shape index (κ3) is 4.08. The predicted molar refractivity (Wildman–Crippen MR) is 93.7 cm³/mol. The number of halogens is 1. The molecule has 26 heavy (non-hydrogen) atoms. The van der Waals surface area contributed by atoms with Gasteiger partial charge < -0.3 is 14.4 Å². The summed E-state index contributed by atoms with van der Waals surface area (Å²) in [6.45, 7) is -0.222. The molecular weight excluding hydrogens is 337 g/mol. The van der Waals surface area contributed by atoms with Crippen molar-refractivity contribution in [1.82, 2.24) is 4.90 Å². The Hall–Kier alpha value is -3.15. The van der Waals surface area contributed by atoms with Crippen LogP contribution in [0.4, 0.5) is 4.39 Å². The van der Waals surface area contributed by atoms with Crippen LogP contribution in [0.15, 0.2) is 54.1 Å². The lowest BCUT2D eigenvalue weighted by Gasteiger charge is -2.19. The van der Waals surface area contributed by atoms with Crippen LogP contribution in [0.25, 0.3) is 6.08 Å². The normalized spacial score (nSPS) is 12.5. The Morgan fingerprint density at radius 2 is 1.88 bits per heavy atom. The van der Waals surface area contributed by atoms with Gasteiger partial charge in [-0.3, -0.25) is 4.79 Å². The molecule has 0 unspecified atom stereocenters. The number of benzene rings is 2. The lowest BCUT2D eigenvalue weighted by atomic mass is 10.1. The van der Waals surface area contributed by atoms with Gasteiger partial charge in [-0.05, 0) is 18.2 Å². The fraction of sp³-hybridized carbons (Fsp3) is 0.200. The largest absolute Gasteiger partial charge is 0.488 e. The molecule has 3 rings (SSSR count). The van der Waals surface area contributed by atoms with Crippen molar-refractivity contribution < 1.29 is 23.5 Å². The van der Waals surface area contributed by atoms with Gasteiger partial charge in [0.1, 0.15) is 18.2 Å². The molecule has 1 aliphatic heterocycles. The number of rotatable bonds is 5. The standard InChI is InChI=1S/C20H18FNO4/c1-22(11-15-7-2-4-8-17(15)21)19(23)13-26-20(24)16-10-14-6-3-5-9-18(14)25-12-16/h2-10H,11-13H2,1H3. The van der Waals surface area contributed by atoms with Gasteiger partial charge >= 0.3 is 5.97 Å². The van der Waals surface area contributed by atoms with E-state index in [-0.39, 0.29) is 19.0 Å². The van der Waals surface area contributed by atoms with E-state index in [0.29, 0.717) is 16.9 Å². The number of nitrogens with zero attached hydrogens (tertiary/aromatic N) is 1. The Labute approximate surface area is 150 Å². The van der Waals surface area contributed by atoms with Gasteiger partial charge in [0.05, 0.1) is 5.57 Å². The Bertz CT molecular complexity index is 862. The van der Waals surface area contributed by atoms with E-state index in [1.54, 1.807) is 24.3 Å². The van der Waals surface area contributed by atoms with Crippen LogP contribution in [0.2, 0.25) is 0 Å². The molecule has 134 valence electrons. The van der Waals surface area contributed by atoms with Crippen molar-refractivity contribution in [3.8, 4) is 5.75 Å². The van der Waals surface area contributed by atoms with Crippen LogP contribution in [0, 0.1) is 5.82 Å². The molecule has 0 bridgehead atoms. The zero-order chi connectivity index (χ0) is 18.5. The lowest BCUT2D eigenvalue weighted by Crippen LogP contribution is -2.31. The average molecular weight is 355 g/mol. The SMILES string of the molecule is CN(Cc1ccccc1F)C(=O)COC(=O)C1=Cc2ccccc2OC1. The number of carbonyl (C=O) groups is 2. The van der Waals surface area contributed by atoms with E-state index in [9.17, 15) is 14.0 Å². The minimum atomic E-state index is -0.604. The quantitative estimate of drug-likeness (QED) is 0.774. The second-order valence-corrected chi connectivity index (χ2v) is 5.91. The van der Waals surface area contributed by atoms with Gasteiger partial charge in [0.25, 0.3) is 5.91 Å². The molecule has 2 aromatic rings. The van der Waals surface area contributed by atoms with Crippen molar-refractivity contribution in [2.24, 2.45) is 0 Å². The first-order chi connectivity index (χ1) is 12.5. The summed E-state index contributed by atoms with van der Waals surface area (Å²) in [7, 11) is 1.53. The van der Waals surface area contributed by atoms with E-state index in [1.807, 2.05) is 24.3 Å². The molecule has 0 aromatic heterocycles. The third-order valence-corrected chi connectivity index (χ3v) is 4.01. The Kier molecular flexibility index (Phi) is 5.31. The van der Waals surface area contributed by atoms with Gasteiger partial charge in [0.2, 0.25) is 0 Å². The highest BCUT2D eigenvalue weighted by molar-refractivity contribution is 5.96. The van der Waals surface area contributed by atoms with Crippen LogP contribution in [-0.4, -0.2) is 37.0 Å². The molecule has 6 heteroatoms. The van der Waals surface area contributed by atoms with Crippen molar-refractivity contribution in [2.75, 3.05) is 20.3 Å². The number of hydrogen-bond donors (Lipinski definition) is 0. The van der Waals surface area contributed by atoms with Gasteiger partial charge in [-0.25, -0.2) is 9.18 Å². The van der Waals surface area contributed by atoms with Crippen molar-refractivity contribution in [1.29, 1.82) is 0 Å². The number of carbonyl (C=O) groups excluding carboxylic acids is 2. The van der Waals surface area contributed by atoms with Gasteiger partial charge in [-0.1, -0.05) is 36.4 Å². The summed E-state index contributed by atoms with van der Waals surface area (Å²) in [5.41, 5.74) is 1.52. The maximum absolute atomic E-state index is 13.6. The highest BCUT2D eigenvalue weighted by Gasteiger charge is 2.20. The summed E-state index contributed by atoms with van der Waals surface area (Å²) in [6.07, 6.45) is 1.69. The summed E-state index contributed by atoms with van der Waals surface area (Å²) in [5, 5.41) is 0. The number of ether oxygens (including phenoxy) is 2. The third-order valence-electron chi connectivity index (χ3n) is 4.01. The van der Waals surface area contributed by atoms with Gasteiger partial charge in [0.15, 0.2) is 6.61 Å². The number of amides is 1. The summed E-state index contributed by atoms with van der Waals surface area (Å²) in [5.74, 6) is -0.705. The van der Waals surface area contributed by atoms with E-state index in [4.69, 9.17) is 9.47 Å². The lowest BCUT2D eigenvalue weighted by molar-refractivity contribution is -0.148. The van der Waals surface area contributed by atoms with Crippen LogP contribution in [-0.2, 0) is 20.9 Å². The van der Waals surface area contributed by atoms with E-state index >= 15 is 0 Å². The second-order valence-electron chi connectivity index (χ2n) is 5.91. The molecule has 0 radical (unpaired) electrons. The van der Waals surface area contributed by atoms with Crippen molar-refractivity contribution in [2.45, 2.75) is 6.54 Å². The zero-order valence-corrected chi connectivity index (χ0v) is 14.3. The Balaban J connectivity index is 1.55. The van der Waals surface area contributed by atoms with Crippen LogP contribution >= 0.6 is 0 Å². The van der Waals surface area contributed by atoms with E-state index in [1.165, 1.54) is 18.0 Å². The zero-order valence-electron chi connectivity index (χ0n) is 14.3. The molecule has 2 aromatic carbocycles. The van der Waals surface area contributed by atoms with Crippen LogP contribution in [0.1, 0.15) is 11.1 Å². The highest BCUT2D eigenvalue weighted by Crippen LogP contribution is 2.26. The maximum atomic E-state index is 13.6. The van der Waals surface area contributed by atoms with Crippen molar-refractivity contribution in [3.05, 3.63) is 71.0 Å². The number of para-hydroxylation sites is 1. The first-order valence-corrected chi connectivity index (χ1v) is 8.11. The van der Waals surface area contributed by atoms with Crippen molar-refractivity contribution >= 4 is 18.0 Å². The molecule has 0 fully saturated rings. The van der Waals surface area contributed by atoms with Gasteiger partial charge in [-0.2, -0.15) is 0 Å². The number of likely N-dealkylation sites (N-methyl/N-ethyl adjacent to an activating group) is 1. The molecule has 0 aliphatic carbocycles. The second kappa shape index (κ2) is 7.82. The Morgan fingerprint density at radius 1 is 1.15 bits per heavy atom. The number of hydrogen-bond acceptors (Lipinski definition) is 4. The van der Waals surface area contributed by atoms with Gasteiger partial charge in [0, 0.05) is 24.7 Å². The Morgan fingerprint density at radius 3 is 2.69 bits per heavy atom. The molecular formula is C20H18FNO4. The predicted octanol–water partition coefficient (Wildman–Crippen LogP) is 2.80. The van der Waals surface area contributed by atoms with Gasteiger partial charge in [-0.15, -0.1) is 0 Å². The van der Waals surface area contributed by atoms with Crippen molar-refractivity contribution in [3.63, 3.8) is 0 Å². The smallest absolute Gasteiger partial charge is 0.338 e. The molecule has 0 N–H and O–H groups in total. The monoisotopic (exact) mass is 355 g/mol.